The molecule has 0 aliphatic carbocycles. The number of hydrogen-bond acceptors (Lipinski definition) is 4. The SMILES string of the molecule is O=C(O)c1cccnc1Nc1ccc2ncccc2c1. The molecule has 0 aliphatic rings. The fourth-order valence-electron chi connectivity index (χ4n) is 1.97. The van der Waals surface area contributed by atoms with Gasteiger partial charge >= 0.3 is 5.97 Å². The number of nitrogens with zero attached hydrogens (tertiary/aromatic N) is 2. The standard InChI is InChI=1S/C15H11N3O2/c19-15(20)12-4-2-8-17-14(12)18-11-5-6-13-10(9-11)3-1-7-16-13/h1-9H,(H,17,18)(H,19,20). The van der Waals surface area contributed by atoms with Gasteiger partial charge in [-0.05, 0) is 36.4 Å². The minimum absolute atomic E-state index is 0.138. The van der Waals surface area contributed by atoms with E-state index in [0.29, 0.717) is 5.82 Å². The summed E-state index contributed by atoms with van der Waals surface area (Å²) < 4.78 is 0. The van der Waals surface area contributed by atoms with E-state index in [1.54, 1.807) is 18.5 Å². The van der Waals surface area contributed by atoms with Crippen molar-refractivity contribution in [3.8, 4) is 0 Å². The Hall–Kier alpha value is -2.95. The molecule has 1 aromatic carbocycles. The van der Waals surface area contributed by atoms with Crippen molar-refractivity contribution in [3.05, 3.63) is 60.4 Å². The summed E-state index contributed by atoms with van der Waals surface area (Å²) in [7, 11) is 0. The van der Waals surface area contributed by atoms with Gasteiger partial charge in [0.15, 0.2) is 0 Å². The van der Waals surface area contributed by atoms with Crippen molar-refractivity contribution >= 4 is 28.4 Å². The van der Waals surface area contributed by atoms with Crippen molar-refractivity contribution in [1.82, 2.24) is 9.97 Å². The highest BCUT2D eigenvalue weighted by Crippen LogP contribution is 2.22. The molecule has 3 aromatic rings. The zero-order valence-electron chi connectivity index (χ0n) is 10.4. The summed E-state index contributed by atoms with van der Waals surface area (Å²) in [6.07, 6.45) is 3.29. The van der Waals surface area contributed by atoms with Gasteiger partial charge in [-0.3, -0.25) is 4.98 Å². The largest absolute Gasteiger partial charge is 0.478 e. The Labute approximate surface area is 114 Å². The normalized spacial score (nSPS) is 10.4. The van der Waals surface area contributed by atoms with E-state index in [1.807, 2.05) is 30.3 Å². The number of aromatic carboxylic acids is 1. The molecule has 0 fully saturated rings. The van der Waals surface area contributed by atoms with Crippen molar-refractivity contribution in [2.45, 2.75) is 0 Å². The van der Waals surface area contributed by atoms with E-state index >= 15 is 0 Å². The van der Waals surface area contributed by atoms with E-state index in [9.17, 15) is 4.79 Å². The Bertz CT molecular complexity index is 787. The lowest BCUT2D eigenvalue weighted by molar-refractivity contribution is 0.0697. The predicted molar refractivity (Wildman–Crippen MR) is 76.2 cm³/mol. The van der Waals surface area contributed by atoms with Crippen molar-refractivity contribution in [2.75, 3.05) is 5.32 Å². The number of carbonyl (C=O) groups is 1. The van der Waals surface area contributed by atoms with Gasteiger partial charge in [0.25, 0.3) is 0 Å². The van der Waals surface area contributed by atoms with Gasteiger partial charge in [-0.1, -0.05) is 6.07 Å². The zero-order valence-corrected chi connectivity index (χ0v) is 10.4. The van der Waals surface area contributed by atoms with Gasteiger partial charge in [-0.2, -0.15) is 0 Å². The second-order valence-electron chi connectivity index (χ2n) is 4.24. The van der Waals surface area contributed by atoms with E-state index in [4.69, 9.17) is 5.11 Å². The topological polar surface area (TPSA) is 75.1 Å². The number of anilines is 2. The molecule has 0 bridgehead atoms. The van der Waals surface area contributed by atoms with Crippen LogP contribution in [0, 0.1) is 0 Å². The molecular formula is C15H11N3O2. The molecule has 0 aliphatic heterocycles. The maximum Gasteiger partial charge on any atom is 0.339 e. The molecule has 0 saturated heterocycles. The molecule has 5 heteroatoms. The quantitative estimate of drug-likeness (QED) is 0.761. The third-order valence-corrected chi connectivity index (χ3v) is 2.90. The monoisotopic (exact) mass is 265 g/mol. The average Bonchev–Trinajstić information content (AvgIpc) is 2.47. The van der Waals surface area contributed by atoms with Crippen LogP contribution in [-0.4, -0.2) is 21.0 Å². The molecule has 0 unspecified atom stereocenters. The van der Waals surface area contributed by atoms with Crippen LogP contribution in [0.15, 0.2) is 54.9 Å². The lowest BCUT2D eigenvalue weighted by Crippen LogP contribution is -2.04. The summed E-state index contributed by atoms with van der Waals surface area (Å²) >= 11 is 0. The number of hydrogen-bond donors (Lipinski definition) is 2. The van der Waals surface area contributed by atoms with Gasteiger partial charge in [-0.25, -0.2) is 9.78 Å². The smallest absolute Gasteiger partial charge is 0.339 e. The van der Waals surface area contributed by atoms with E-state index in [-0.39, 0.29) is 5.56 Å². The van der Waals surface area contributed by atoms with Crippen molar-refractivity contribution in [3.63, 3.8) is 0 Å². The first-order valence-electron chi connectivity index (χ1n) is 6.04. The molecule has 0 atom stereocenters. The summed E-state index contributed by atoms with van der Waals surface area (Å²) in [5, 5.41) is 13.1. The molecule has 98 valence electrons. The maximum absolute atomic E-state index is 11.1. The number of carboxylic acids is 1. The molecule has 20 heavy (non-hydrogen) atoms. The molecule has 2 heterocycles. The molecule has 0 radical (unpaired) electrons. The summed E-state index contributed by atoms with van der Waals surface area (Å²) in [5.41, 5.74) is 1.79. The molecule has 0 spiro atoms. The van der Waals surface area contributed by atoms with Crippen LogP contribution in [0.2, 0.25) is 0 Å². The Kier molecular flexibility index (Phi) is 3.01. The van der Waals surface area contributed by atoms with Crippen LogP contribution in [-0.2, 0) is 0 Å². The van der Waals surface area contributed by atoms with E-state index in [0.717, 1.165) is 16.6 Å². The molecule has 2 N–H and O–H groups in total. The van der Waals surface area contributed by atoms with Crippen LogP contribution in [0.4, 0.5) is 11.5 Å². The molecule has 0 saturated carbocycles. The lowest BCUT2D eigenvalue weighted by Gasteiger charge is -2.08. The number of fused-ring (bicyclic) bond motifs is 1. The zero-order chi connectivity index (χ0) is 13.9. The van der Waals surface area contributed by atoms with E-state index in [1.165, 1.54) is 6.07 Å². The van der Waals surface area contributed by atoms with Crippen molar-refractivity contribution < 1.29 is 9.90 Å². The average molecular weight is 265 g/mol. The minimum Gasteiger partial charge on any atom is -0.478 e. The molecule has 3 rings (SSSR count). The summed E-state index contributed by atoms with van der Waals surface area (Å²) in [5.74, 6) is -0.689. The van der Waals surface area contributed by atoms with Gasteiger partial charge in [0.1, 0.15) is 11.4 Å². The fourth-order valence-corrected chi connectivity index (χ4v) is 1.97. The first-order valence-corrected chi connectivity index (χ1v) is 6.04. The number of rotatable bonds is 3. The second kappa shape index (κ2) is 4.97. The highest BCUT2D eigenvalue weighted by atomic mass is 16.4. The van der Waals surface area contributed by atoms with Crippen LogP contribution >= 0.6 is 0 Å². The highest BCUT2D eigenvalue weighted by Gasteiger charge is 2.10. The first-order chi connectivity index (χ1) is 9.74. The number of pyridine rings is 2. The Morgan fingerprint density at radius 1 is 1.05 bits per heavy atom. The first kappa shape index (κ1) is 12.1. The molecule has 5 nitrogen and oxygen atoms in total. The van der Waals surface area contributed by atoms with Gasteiger partial charge in [0.05, 0.1) is 5.52 Å². The van der Waals surface area contributed by atoms with Gasteiger partial charge < -0.3 is 10.4 Å². The van der Waals surface area contributed by atoms with E-state index in [2.05, 4.69) is 15.3 Å². The number of benzene rings is 1. The molecular weight excluding hydrogens is 254 g/mol. The summed E-state index contributed by atoms with van der Waals surface area (Å²) in [6.45, 7) is 0. The molecule has 0 amide bonds. The summed E-state index contributed by atoms with van der Waals surface area (Å²) in [4.78, 5) is 19.4. The highest BCUT2D eigenvalue weighted by molar-refractivity contribution is 5.94. The van der Waals surface area contributed by atoms with Gasteiger partial charge in [0.2, 0.25) is 0 Å². The Morgan fingerprint density at radius 3 is 2.70 bits per heavy atom. The fraction of sp³-hybridized carbons (Fsp3) is 0. The number of nitrogens with one attached hydrogen (secondary N) is 1. The van der Waals surface area contributed by atoms with Crippen LogP contribution < -0.4 is 5.32 Å². The van der Waals surface area contributed by atoms with Crippen LogP contribution in [0.25, 0.3) is 10.9 Å². The molecule has 2 aromatic heterocycles. The third-order valence-electron chi connectivity index (χ3n) is 2.90. The predicted octanol–water partition coefficient (Wildman–Crippen LogP) is 3.07. The van der Waals surface area contributed by atoms with Crippen LogP contribution in [0.3, 0.4) is 0 Å². The van der Waals surface area contributed by atoms with Crippen LogP contribution in [0.5, 0.6) is 0 Å². The Morgan fingerprint density at radius 2 is 1.85 bits per heavy atom. The second-order valence-corrected chi connectivity index (χ2v) is 4.24. The summed E-state index contributed by atoms with van der Waals surface area (Å²) in [6, 6.07) is 12.5. The minimum atomic E-state index is -1.01. The lowest BCUT2D eigenvalue weighted by atomic mass is 10.2. The van der Waals surface area contributed by atoms with Gasteiger partial charge in [-0.15, -0.1) is 0 Å². The maximum atomic E-state index is 11.1. The van der Waals surface area contributed by atoms with Crippen molar-refractivity contribution in [2.24, 2.45) is 0 Å². The number of aromatic nitrogens is 2. The Balaban J connectivity index is 1.99. The van der Waals surface area contributed by atoms with Gasteiger partial charge in [0, 0.05) is 23.5 Å². The number of carboxylic acid groups (broad SMARTS) is 1. The third kappa shape index (κ3) is 2.29. The van der Waals surface area contributed by atoms with E-state index < -0.39 is 5.97 Å². The van der Waals surface area contributed by atoms with Crippen molar-refractivity contribution in [1.29, 1.82) is 0 Å². The van der Waals surface area contributed by atoms with Crippen LogP contribution in [0.1, 0.15) is 10.4 Å².